The molecule has 0 aromatic heterocycles. The molecule has 0 aliphatic carbocycles. The normalized spacial score (nSPS) is 19.5. The Kier molecular flexibility index (Phi) is 7.86. The van der Waals surface area contributed by atoms with Crippen LogP contribution in [0.3, 0.4) is 0 Å². The molecule has 1 heterocycles. The molecule has 0 saturated carbocycles. The van der Waals surface area contributed by atoms with Gasteiger partial charge in [0.15, 0.2) is 0 Å². The summed E-state index contributed by atoms with van der Waals surface area (Å²) in [5.41, 5.74) is 5.47. The second-order valence-corrected chi connectivity index (χ2v) is 6.70. The van der Waals surface area contributed by atoms with Crippen LogP contribution in [0.15, 0.2) is 0 Å². The van der Waals surface area contributed by atoms with E-state index in [4.69, 9.17) is 5.73 Å². The first kappa shape index (κ1) is 16.8. The molecule has 1 aliphatic rings. The summed E-state index contributed by atoms with van der Waals surface area (Å²) in [4.78, 5) is 2.36. The monoisotopic (exact) mass is 292 g/mol. The van der Waals surface area contributed by atoms with Crippen LogP contribution in [0.25, 0.3) is 0 Å². The van der Waals surface area contributed by atoms with Crippen molar-refractivity contribution in [1.29, 1.82) is 0 Å². The summed E-state index contributed by atoms with van der Waals surface area (Å²) in [5, 5.41) is 0. The van der Waals surface area contributed by atoms with Crippen LogP contribution in [-0.2, 0) is 10.2 Å². The van der Waals surface area contributed by atoms with Crippen LogP contribution in [0.5, 0.6) is 0 Å². The van der Waals surface area contributed by atoms with Gasteiger partial charge in [0.25, 0.3) is 10.2 Å². The Hall–Kier alpha value is -0.210. The van der Waals surface area contributed by atoms with Crippen molar-refractivity contribution in [3.8, 4) is 0 Å². The van der Waals surface area contributed by atoms with Gasteiger partial charge in [0.05, 0.1) is 0 Å². The van der Waals surface area contributed by atoms with E-state index in [0.29, 0.717) is 19.6 Å². The third-order valence-electron chi connectivity index (χ3n) is 3.39. The highest BCUT2D eigenvalue weighted by Crippen LogP contribution is 2.08. The van der Waals surface area contributed by atoms with E-state index in [1.165, 1.54) is 0 Å². The van der Waals surface area contributed by atoms with E-state index >= 15 is 0 Å². The molecule has 0 amide bonds. The Morgan fingerprint density at radius 3 is 2.58 bits per heavy atom. The first-order chi connectivity index (χ1) is 9.10. The van der Waals surface area contributed by atoms with Crippen molar-refractivity contribution in [2.24, 2.45) is 5.73 Å². The zero-order valence-corrected chi connectivity index (χ0v) is 12.8. The van der Waals surface area contributed by atoms with Crippen molar-refractivity contribution in [2.75, 3.05) is 45.8 Å². The highest BCUT2D eigenvalue weighted by Gasteiger charge is 2.23. The lowest BCUT2D eigenvalue weighted by atomic mass is 10.2. The molecular formula is C12H28N4O2S. The molecule has 6 nitrogen and oxygen atoms in total. The third-order valence-corrected chi connectivity index (χ3v) is 5.09. The topological polar surface area (TPSA) is 78.7 Å². The van der Waals surface area contributed by atoms with Gasteiger partial charge >= 0.3 is 0 Å². The Morgan fingerprint density at radius 1 is 1.11 bits per heavy atom. The zero-order chi connectivity index (χ0) is 14.1. The highest BCUT2D eigenvalue weighted by atomic mass is 32.2. The van der Waals surface area contributed by atoms with Crippen LogP contribution in [0.1, 0.15) is 32.6 Å². The predicted molar refractivity (Wildman–Crippen MR) is 78.1 cm³/mol. The fraction of sp³-hybridized carbons (Fsp3) is 1.00. The highest BCUT2D eigenvalue weighted by molar-refractivity contribution is 7.87. The van der Waals surface area contributed by atoms with E-state index in [1.54, 1.807) is 11.2 Å². The first-order valence-corrected chi connectivity index (χ1v) is 8.71. The fourth-order valence-corrected chi connectivity index (χ4v) is 3.58. The molecule has 0 bridgehead atoms. The lowest BCUT2D eigenvalue weighted by Gasteiger charge is -2.21. The molecule has 1 aliphatic heterocycles. The second-order valence-electron chi connectivity index (χ2n) is 4.95. The standard InChI is InChI=1S/C12H28N4O2S/c1-2-14-19(17,18)16-10-6-9-15(11-12-16)8-5-3-4-7-13/h14H,2-13H2,1H3. The van der Waals surface area contributed by atoms with Gasteiger partial charge in [0.1, 0.15) is 0 Å². The van der Waals surface area contributed by atoms with E-state index in [0.717, 1.165) is 51.9 Å². The fourth-order valence-electron chi connectivity index (χ4n) is 2.34. The third kappa shape index (κ3) is 6.18. The van der Waals surface area contributed by atoms with Gasteiger partial charge in [-0.3, -0.25) is 0 Å². The average molecular weight is 292 g/mol. The molecule has 1 saturated heterocycles. The zero-order valence-electron chi connectivity index (χ0n) is 12.0. The maximum atomic E-state index is 11.9. The van der Waals surface area contributed by atoms with Crippen molar-refractivity contribution >= 4 is 10.2 Å². The van der Waals surface area contributed by atoms with Gasteiger partial charge in [0.2, 0.25) is 0 Å². The number of nitrogens with zero attached hydrogens (tertiary/aromatic N) is 2. The van der Waals surface area contributed by atoms with E-state index < -0.39 is 10.2 Å². The van der Waals surface area contributed by atoms with Crippen LogP contribution < -0.4 is 10.5 Å². The van der Waals surface area contributed by atoms with Gasteiger partial charge in [-0.1, -0.05) is 13.3 Å². The molecule has 1 fully saturated rings. The Morgan fingerprint density at radius 2 is 1.89 bits per heavy atom. The van der Waals surface area contributed by atoms with Crippen molar-refractivity contribution < 1.29 is 8.42 Å². The Balaban J connectivity index is 2.35. The predicted octanol–water partition coefficient (Wildman–Crippen LogP) is -0.0226. The van der Waals surface area contributed by atoms with Gasteiger partial charge in [-0.2, -0.15) is 12.7 Å². The van der Waals surface area contributed by atoms with Crippen molar-refractivity contribution in [3.63, 3.8) is 0 Å². The molecule has 0 aromatic carbocycles. The van der Waals surface area contributed by atoms with Crippen LogP contribution in [0, 0.1) is 0 Å². The van der Waals surface area contributed by atoms with Gasteiger partial charge in [0, 0.05) is 26.2 Å². The minimum absolute atomic E-state index is 0.446. The quantitative estimate of drug-likeness (QED) is 0.616. The van der Waals surface area contributed by atoms with Gasteiger partial charge in [-0.25, -0.2) is 4.72 Å². The molecule has 1 rings (SSSR count). The SMILES string of the molecule is CCNS(=O)(=O)N1CCCN(CCCCCN)CC1. The Bertz CT molecular complexity index is 335. The van der Waals surface area contributed by atoms with Gasteiger partial charge in [-0.15, -0.1) is 0 Å². The number of nitrogens with one attached hydrogen (secondary N) is 1. The maximum Gasteiger partial charge on any atom is 0.279 e. The summed E-state index contributed by atoms with van der Waals surface area (Å²) in [7, 11) is -3.27. The van der Waals surface area contributed by atoms with E-state index in [1.807, 2.05) is 0 Å². The lowest BCUT2D eigenvalue weighted by molar-refractivity contribution is 0.279. The molecule has 0 radical (unpaired) electrons. The number of unbranched alkanes of at least 4 members (excludes halogenated alkanes) is 2. The van der Waals surface area contributed by atoms with Crippen LogP contribution in [-0.4, -0.2) is 63.4 Å². The number of hydrogen-bond acceptors (Lipinski definition) is 4. The van der Waals surface area contributed by atoms with Gasteiger partial charge < -0.3 is 10.6 Å². The minimum atomic E-state index is -3.27. The molecular weight excluding hydrogens is 264 g/mol. The molecule has 0 aromatic rings. The maximum absolute atomic E-state index is 11.9. The molecule has 3 N–H and O–H groups in total. The molecule has 7 heteroatoms. The summed E-state index contributed by atoms with van der Waals surface area (Å²) >= 11 is 0. The summed E-state index contributed by atoms with van der Waals surface area (Å²) in [6.45, 7) is 7.08. The lowest BCUT2D eigenvalue weighted by Crippen LogP contribution is -2.42. The smallest absolute Gasteiger partial charge is 0.279 e. The van der Waals surface area contributed by atoms with Crippen molar-refractivity contribution in [1.82, 2.24) is 13.9 Å². The van der Waals surface area contributed by atoms with E-state index in [2.05, 4.69) is 9.62 Å². The van der Waals surface area contributed by atoms with Crippen LogP contribution in [0.2, 0.25) is 0 Å². The molecule has 0 atom stereocenters. The van der Waals surface area contributed by atoms with E-state index in [-0.39, 0.29) is 0 Å². The number of nitrogens with two attached hydrogens (primary N) is 1. The summed E-state index contributed by atoms with van der Waals surface area (Å²) in [5.74, 6) is 0. The average Bonchev–Trinajstić information content (AvgIpc) is 2.60. The summed E-state index contributed by atoms with van der Waals surface area (Å²) in [6, 6.07) is 0. The number of rotatable bonds is 8. The first-order valence-electron chi connectivity index (χ1n) is 7.27. The summed E-state index contributed by atoms with van der Waals surface area (Å²) in [6.07, 6.45) is 4.29. The molecule has 19 heavy (non-hydrogen) atoms. The van der Waals surface area contributed by atoms with Crippen LogP contribution >= 0.6 is 0 Å². The number of hydrogen-bond donors (Lipinski definition) is 2. The Labute approximate surface area is 117 Å². The molecule has 0 spiro atoms. The van der Waals surface area contributed by atoms with Crippen molar-refractivity contribution in [2.45, 2.75) is 32.6 Å². The van der Waals surface area contributed by atoms with Crippen LogP contribution in [0.4, 0.5) is 0 Å². The molecule has 0 unspecified atom stereocenters. The second kappa shape index (κ2) is 8.86. The van der Waals surface area contributed by atoms with E-state index in [9.17, 15) is 8.42 Å². The van der Waals surface area contributed by atoms with Gasteiger partial charge in [-0.05, 0) is 38.9 Å². The largest absolute Gasteiger partial charge is 0.330 e. The molecule has 114 valence electrons. The summed E-state index contributed by atoms with van der Waals surface area (Å²) < 4.78 is 28.0. The minimum Gasteiger partial charge on any atom is -0.330 e. The van der Waals surface area contributed by atoms with Crippen molar-refractivity contribution in [3.05, 3.63) is 0 Å².